The highest BCUT2D eigenvalue weighted by atomic mass is 16.2. The Balaban J connectivity index is 2.02. The lowest BCUT2D eigenvalue weighted by molar-refractivity contribution is -0.123. The van der Waals surface area contributed by atoms with Crippen molar-refractivity contribution in [2.75, 3.05) is 0 Å². The fraction of sp³-hybridized carbons (Fsp3) is 0.188. The Hall–Kier alpha value is -2.13. The molecule has 0 spiro atoms. The summed E-state index contributed by atoms with van der Waals surface area (Å²) >= 11 is 0. The van der Waals surface area contributed by atoms with E-state index >= 15 is 0 Å². The Kier molecular flexibility index (Phi) is 4.31. The van der Waals surface area contributed by atoms with Gasteiger partial charge < -0.3 is 11.1 Å². The molecule has 0 heterocycles. The molecule has 0 saturated heterocycles. The zero-order valence-electron chi connectivity index (χ0n) is 10.9. The van der Waals surface area contributed by atoms with Crippen LogP contribution in [0.15, 0.2) is 60.7 Å². The van der Waals surface area contributed by atoms with Crippen LogP contribution in [-0.2, 0) is 4.79 Å². The van der Waals surface area contributed by atoms with E-state index in [0.29, 0.717) is 0 Å². The van der Waals surface area contributed by atoms with Gasteiger partial charge >= 0.3 is 0 Å². The molecule has 0 aliphatic rings. The molecule has 0 aromatic heterocycles. The fourth-order valence-electron chi connectivity index (χ4n) is 1.94. The first-order chi connectivity index (χ1) is 9.18. The molecule has 3 nitrogen and oxygen atoms in total. The molecule has 0 saturated carbocycles. The van der Waals surface area contributed by atoms with Crippen LogP contribution in [0.4, 0.5) is 0 Å². The molecule has 2 rings (SSSR count). The van der Waals surface area contributed by atoms with E-state index in [1.165, 1.54) is 0 Å². The van der Waals surface area contributed by atoms with Gasteiger partial charge in [-0.3, -0.25) is 4.79 Å². The number of hydrogen-bond acceptors (Lipinski definition) is 2. The molecule has 0 fully saturated rings. The molecule has 2 aromatic rings. The highest BCUT2D eigenvalue weighted by Crippen LogP contribution is 2.14. The molecule has 19 heavy (non-hydrogen) atoms. The molecule has 1 amide bonds. The van der Waals surface area contributed by atoms with Crippen molar-refractivity contribution in [2.24, 2.45) is 5.73 Å². The van der Waals surface area contributed by atoms with E-state index in [1.807, 2.05) is 67.6 Å². The second-order valence-corrected chi connectivity index (χ2v) is 4.53. The molecule has 2 atom stereocenters. The van der Waals surface area contributed by atoms with Crippen LogP contribution >= 0.6 is 0 Å². The van der Waals surface area contributed by atoms with E-state index in [9.17, 15) is 4.79 Å². The third-order valence-corrected chi connectivity index (χ3v) is 3.10. The van der Waals surface area contributed by atoms with Crippen molar-refractivity contribution in [1.29, 1.82) is 0 Å². The number of nitrogens with one attached hydrogen (secondary N) is 1. The van der Waals surface area contributed by atoms with Crippen molar-refractivity contribution in [3.8, 4) is 0 Å². The summed E-state index contributed by atoms with van der Waals surface area (Å²) in [7, 11) is 0. The van der Waals surface area contributed by atoms with Gasteiger partial charge in [-0.15, -0.1) is 0 Å². The zero-order chi connectivity index (χ0) is 13.7. The number of amides is 1. The summed E-state index contributed by atoms with van der Waals surface area (Å²) in [5.74, 6) is -0.164. The number of carbonyl (C=O) groups is 1. The minimum Gasteiger partial charge on any atom is -0.348 e. The smallest absolute Gasteiger partial charge is 0.241 e. The lowest BCUT2D eigenvalue weighted by atomic mass is 10.1. The molecule has 0 bridgehead atoms. The highest BCUT2D eigenvalue weighted by Gasteiger charge is 2.17. The van der Waals surface area contributed by atoms with Crippen molar-refractivity contribution in [3.63, 3.8) is 0 Å². The van der Waals surface area contributed by atoms with Gasteiger partial charge in [0.2, 0.25) is 5.91 Å². The van der Waals surface area contributed by atoms with E-state index in [0.717, 1.165) is 11.1 Å². The molecule has 3 heteroatoms. The van der Waals surface area contributed by atoms with E-state index < -0.39 is 6.04 Å². The Morgan fingerprint density at radius 2 is 1.42 bits per heavy atom. The van der Waals surface area contributed by atoms with Crippen molar-refractivity contribution in [1.82, 2.24) is 5.32 Å². The van der Waals surface area contributed by atoms with E-state index in [-0.39, 0.29) is 11.9 Å². The van der Waals surface area contributed by atoms with Crippen LogP contribution in [0.2, 0.25) is 0 Å². The molecular weight excluding hydrogens is 236 g/mol. The lowest BCUT2D eigenvalue weighted by Crippen LogP contribution is -2.35. The SMILES string of the molecule is C[C@@H](NC(=O)C(N)c1ccccc1)c1ccccc1. The van der Waals surface area contributed by atoms with Crippen LogP contribution in [-0.4, -0.2) is 5.91 Å². The predicted octanol–water partition coefficient (Wildman–Crippen LogP) is 2.56. The second kappa shape index (κ2) is 6.16. The summed E-state index contributed by atoms with van der Waals surface area (Å²) in [5, 5.41) is 2.93. The van der Waals surface area contributed by atoms with Gasteiger partial charge in [0.15, 0.2) is 0 Å². The average Bonchev–Trinajstić information content (AvgIpc) is 2.48. The van der Waals surface area contributed by atoms with E-state index in [1.54, 1.807) is 0 Å². The van der Waals surface area contributed by atoms with Gasteiger partial charge in [0, 0.05) is 0 Å². The van der Waals surface area contributed by atoms with Crippen molar-refractivity contribution >= 4 is 5.91 Å². The van der Waals surface area contributed by atoms with Gasteiger partial charge in [0.1, 0.15) is 6.04 Å². The van der Waals surface area contributed by atoms with Crippen LogP contribution in [0, 0.1) is 0 Å². The van der Waals surface area contributed by atoms with Gasteiger partial charge in [-0.1, -0.05) is 60.7 Å². The van der Waals surface area contributed by atoms with E-state index in [2.05, 4.69) is 5.32 Å². The maximum atomic E-state index is 12.1. The fourth-order valence-corrected chi connectivity index (χ4v) is 1.94. The normalized spacial score (nSPS) is 13.6. The minimum atomic E-state index is -0.632. The van der Waals surface area contributed by atoms with Gasteiger partial charge in [-0.25, -0.2) is 0 Å². The van der Waals surface area contributed by atoms with Crippen molar-refractivity contribution in [3.05, 3.63) is 71.8 Å². The van der Waals surface area contributed by atoms with Crippen LogP contribution < -0.4 is 11.1 Å². The predicted molar refractivity (Wildman–Crippen MR) is 76.4 cm³/mol. The van der Waals surface area contributed by atoms with Crippen LogP contribution in [0.5, 0.6) is 0 Å². The standard InChI is InChI=1S/C16H18N2O/c1-12(13-8-4-2-5-9-13)18-16(19)15(17)14-10-6-3-7-11-14/h2-12,15H,17H2,1H3,(H,18,19)/t12-,15?/m1/s1. The molecule has 0 aliphatic carbocycles. The second-order valence-electron chi connectivity index (χ2n) is 4.53. The quantitative estimate of drug-likeness (QED) is 0.881. The summed E-state index contributed by atoms with van der Waals surface area (Å²) in [5.41, 5.74) is 7.84. The van der Waals surface area contributed by atoms with Gasteiger partial charge in [-0.05, 0) is 18.1 Å². The Morgan fingerprint density at radius 1 is 0.947 bits per heavy atom. The van der Waals surface area contributed by atoms with Crippen LogP contribution in [0.3, 0.4) is 0 Å². The topological polar surface area (TPSA) is 55.1 Å². The molecular formula is C16H18N2O. The summed E-state index contributed by atoms with van der Waals surface area (Å²) in [6, 6.07) is 18.5. The Labute approximate surface area is 113 Å². The average molecular weight is 254 g/mol. The highest BCUT2D eigenvalue weighted by molar-refractivity contribution is 5.83. The first kappa shape index (κ1) is 13.3. The van der Waals surface area contributed by atoms with E-state index in [4.69, 9.17) is 5.73 Å². The first-order valence-corrected chi connectivity index (χ1v) is 6.34. The maximum absolute atomic E-state index is 12.1. The number of rotatable bonds is 4. The molecule has 98 valence electrons. The molecule has 0 radical (unpaired) electrons. The third-order valence-electron chi connectivity index (χ3n) is 3.10. The maximum Gasteiger partial charge on any atom is 0.241 e. The molecule has 3 N–H and O–H groups in total. The molecule has 2 aromatic carbocycles. The number of carbonyl (C=O) groups excluding carboxylic acids is 1. The summed E-state index contributed by atoms with van der Waals surface area (Å²) in [6.45, 7) is 1.95. The van der Waals surface area contributed by atoms with Gasteiger partial charge in [0.05, 0.1) is 6.04 Å². The van der Waals surface area contributed by atoms with Crippen LogP contribution in [0.1, 0.15) is 30.1 Å². The monoisotopic (exact) mass is 254 g/mol. The van der Waals surface area contributed by atoms with Crippen LogP contribution in [0.25, 0.3) is 0 Å². The first-order valence-electron chi connectivity index (χ1n) is 6.34. The summed E-state index contributed by atoms with van der Waals surface area (Å²) in [6.07, 6.45) is 0. The van der Waals surface area contributed by atoms with Gasteiger partial charge in [0.25, 0.3) is 0 Å². The minimum absolute atomic E-state index is 0.0523. The largest absolute Gasteiger partial charge is 0.348 e. The molecule has 1 unspecified atom stereocenters. The zero-order valence-corrected chi connectivity index (χ0v) is 10.9. The summed E-state index contributed by atoms with van der Waals surface area (Å²) < 4.78 is 0. The van der Waals surface area contributed by atoms with Gasteiger partial charge in [-0.2, -0.15) is 0 Å². The summed E-state index contributed by atoms with van der Waals surface area (Å²) in [4.78, 5) is 12.1. The number of nitrogens with two attached hydrogens (primary N) is 1. The third kappa shape index (κ3) is 3.42. The van der Waals surface area contributed by atoms with Crippen molar-refractivity contribution in [2.45, 2.75) is 19.0 Å². The number of hydrogen-bond donors (Lipinski definition) is 2. The Bertz CT molecular complexity index is 525. The number of benzene rings is 2. The Morgan fingerprint density at radius 3 is 1.95 bits per heavy atom. The van der Waals surface area contributed by atoms with Crippen molar-refractivity contribution < 1.29 is 4.79 Å². The lowest BCUT2D eigenvalue weighted by Gasteiger charge is -2.18. The molecule has 0 aliphatic heterocycles.